The summed E-state index contributed by atoms with van der Waals surface area (Å²) in [5.74, 6) is -0.469. The molecule has 1 saturated carbocycles. The van der Waals surface area contributed by atoms with Gasteiger partial charge in [0.2, 0.25) is 5.91 Å². The standard InChI is InChI=1S/C20H30N2O3/c1-3-15(16-11-7-8-12-17(16)21)19(23)22-18(20(24)25-2)13-14-9-5-4-6-10-14/h4-6,9-10,15-18H,3,7-8,11-13,21H2,1-2H3,(H,22,23)/t15-,16-,17-,18-/m1/s1. The predicted octanol–water partition coefficient (Wildman–Crippen LogP) is 2.43. The molecule has 5 nitrogen and oxygen atoms in total. The van der Waals surface area contributed by atoms with Crippen LogP contribution in [0.1, 0.15) is 44.6 Å². The predicted molar refractivity (Wildman–Crippen MR) is 97.8 cm³/mol. The summed E-state index contributed by atoms with van der Waals surface area (Å²) in [4.78, 5) is 25.0. The number of carbonyl (C=O) groups excluding carboxylic acids is 2. The van der Waals surface area contributed by atoms with Crippen molar-refractivity contribution in [2.24, 2.45) is 17.6 Å². The Kier molecular flexibility index (Phi) is 7.44. The third kappa shape index (κ3) is 5.30. The molecule has 0 radical (unpaired) electrons. The number of esters is 1. The van der Waals surface area contributed by atoms with E-state index in [1.165, 1.54) is 7.11 Å². The van der Waals surface area contributed by atoms with Crippen LogP contribution in [0.15, 0.2) is 30.3 Å². The molecule has 2 rings (SSSR count). The van der Waals surface area contributed by atoms with Gasteiger partial charge >= 0.3 is 5.97 Å². The molecule has 1 fully saturated rings. The van der Waals surface area contributed by atoms with Crippen molar-refractivity contribution in [3.63, 3.8) is 0 Å². The quantitative estimate of drug-likeness (QED) is 0.743. The monoisotopic (exact) mass is 346 g/mol. The molecule has 4 atom stereocenters. The second-order valence-electron chi connectivity index (χ2n) is 6.90. The summed E-state index contributed by atoms with van der Waals surface area (Å²) in [6.07, 6.45) is 5.35. The molecule has 0 spiro atoms. The van der Waals surface area contributed by atoms with Crippen molar-refractivity contribution in [2.45, 2.75) is 57.5 Å². The Labute approximate surface area is 150 Å². The first-order chi connectivity index (χ1) is 12.1. The lowest BCUT2D eigenvalue weighted by atomic mass is 9.75. The van der Waals surface area contributed by atoms with Crippen molar-refractivity contribution < 1.29 is 14.3 Å². The van der Waals surface area contributed by atoms with Crippen LogP contribution in [0.2, 0.25) is 0 Å². The fraction of sp³-hybridized carbons (Fsp3) is 0.600. The Bertz CT molecular complexity index is 561. The minimum Gasteiger partial charge on any atom is -0.467 e. The zero-order valence-electron chi connectivity index (χ0n) is 15.2. The molecule has 138 valence electrons. The number of methoxy groups -OCH3 is 1. The third-order valence-electron chi connectivity index (χ3n) is 5.25. The number of nitrogens with one attached hydrogen (secondary N) is 1. The summed E-state index contributed by atoms with van der Waals surface area (Å²) in [5, 5.41) is 2.92. The Hall–Kier alpha value is -1.88. The van der Waals surface area contributed by atoms with Crippen LogP contribution >= 0.6 is 0 Å². The van der Waals surface area contributed by atoms with Crippen LogP contribution in [0.3, 0.4) is 0 Å². The molecule has 3 N–H and O–H groups in total. The van der Waals surface area contributed by atoms with Crippen molar-refractivity contribution in [1.82, 2.24) is 5.32 Å². The maximum absolute atomic E-state index is 12.9. The van der Waals surface area contributed by atoms with E-state index in [0.29, 0.717) is 6.42 Å². The number of hydrogen-bond donors (Lipinski definition) is 2. The van der Waals surface area contributed by atoms with E-state index in [4.69, 9.17) is 10.5 Å². The number of carbonyl (C=O) groups is 2. The summed E-state index contributed by atoms with van der Waals surface area (Å²) in [5.41, 5.74) is 7.25. The number of ether oxygens (including phenoxy) is 1. The SMILES string of the molecule is CC[C@@H](C(=O)N[C@H](Cc1ccccc1)C(=O)OC)[C@H]1CCCC[C@H]1N. The van der Waals surface area contributed by atoms with Crippen molar-refractivity contribution in [2.75, 3.05) is 7.11 Å². The molecule has 0 aliphatic heterocycles. The van der Waals surface area contributed by atoms with Crippen LogP contribution in [0.25, 0.3) is 0 Å². The van der Waals surface area contributed by atoms with Gasteiger partial charge in [0.1, 0.15) is 6.04 Å². The van der Waals surface area contributed by atoms with Gasteiger partial charge in [-0.05, 0) is 30.7 Å². The van der Waals surface area contributed by atoms with Gasteiger partial charge in [-0.25, -0.2) is 4.79 Å². The minimum absolute atomic E-state index is 0.0650. The van der Waals surface area contributed by atoms with E-state index < -0.39 is 12.0 Å². The zero-order valence-corrected chi connectivity index (χ0v) is 15.2. The molecule has 1 aromatic carbocycles. The lowest BCUT2D eigenvalue weighted by Gasteiger charge is -2.34. The van der Waals surface area contributed by atoms with E-state index in [1.807, 2.05) is 37.3 Å². The van der Waals surface area contributed by atoms with E-state index in [0.717, 1.165) is 37.7 Å². The van der Waals surface area contributed by atoms with Crippen LogP contribution in [0, 0.1) is 11.8 Å². The molecule has 0 saturated heterocycles. The number of rotatable bonds is 7. The van der Waals surface area contributed by atoms with Gasteiger partial charge in [-0.1, -0.05) is 50.1 Å². The normalized spacial score (nSPS) is 22.7. The summed E-state index contributed by atoms with van der Waals surface area (Å²) in [6, 6.07) is 9.03. The van der Waals surface area contributed by atoms with E-state index in [2.05, 4.69) is 5.32 Å². The Morgan fingerprint density at radius 2 is 1.92 bits per heavy atom. The maximum atomic E-state index is 12.9. The van der Waals surface area contributed by atoms with Gasteiger partial charge in [0.15, 0.2) is 0 Å². The highest BCUT2D eigenvalue weighted by Gasteiger charge is 2.34. The maximum Gasteiger partial charge on any atom is 0.328 e. The summed E-state index contributed by atoms with van der Waals surface area (Å²) in [7, 11) is 1.35. The average molecular weight is 346 g/mol. The molecule has 1 amide bonds. The molecule has 1 aromatic rings. The van der Waals surface area contributed by atoms with Gasteiger partial charge in [0.25, 0.3) is 0 Å². The van der Waals surface area contributed by atoms with Crippen LogP contribution in [0.4, 0.5) is 0 Å². The van der Waals surface area contributed by atoms with E-state index in [9.17, 15) is 9.59 Å². The molecule has 1 aliphatic rings. The molecule has 25 heavy (non-hydrogen) atoms. The van der Waals surface area contributed by atoms with E-state index in [1.54, 1.807) is 0 Å². The molecule has 0 heterocycles. The highest BCUT2D eigenvalue weighted by Crippen LogP contribution is 2.31. The second-order valence-corrected chi connectivity index (χ2v) is 6.90. The van der Waals surface area contributed by atoms with Crippen molar-refractivity contribution >= 4 is 11.9 Å². The molecule has 0 bridgehead atoms. The van der Waals surface area contributed by atoms with E-state index in [-0.39, 0.29) is 23.8 Å². The molecule has 0 aromatic heterocycles. The van der Waals surface area contributed by atoms with Gasteiger partial charge < -0.3 is 15.8 Å². The van der Waals surface area contributed by atoms with E-state index >= 15 is 0 Å². The number of hydrogen-bond acceptors (Lipinski definition) is 4. The molecule has 1 aliphatic carbocycles. The number of benzene rings is 1. The molecular formula is C20H30N2O3. The molecular weight excluding hydrogens is 316 g/mol. The van der Waals surface area contributed by atoms with Crippen molar-refractivity contribution in [1.29, 1.82) is 0 Å². The van der Waals surface area contributed by atoms with Gasteiger partial charge in [-0.15, -0.1) is 0 Å². The summed E-state index contributed by atoms with van der Waals surface area (Å²) in [6.45, 7) is 2.01. The smallest absolute Gasteiger partial charge is 0.328 e. The number of amides is 1. The largest absolute Gasteiger partial charge is 0.467 e. The topological polar surface area (TPSA) is 81.4 Å². The lowest BCUT2D eigenvalue weighted by molar-refractivity contribution is -0.146. The zero-order chi connectivity index (χ0) is 18.2. The average Bonchev–Trinajstić information content (AvgIpc) is 2.63. The summed E-state index contributed by atoms with van der Waals surface area (Å²) < 4.78 is 4.89. The highest BCUT2D eigenvalue weighted by molar-refractivity contribution is 5.86. The molecule has 0 unspecified atom stereocenters. The van der Waals surface area contributed by atoms with Gasteiger partial charge in [0.05, 0.1) is 7.11 Å². The first-order valence-electron chi connectivity index (χ1n) is 9.24. The molecule has 5 heteroatoms. The van der Waals surface area contributed by atoms with Gasteiger partial charge in [-0.3, -0.25) is 4.79 Å². The van der Waals surface area contributed by atoms with Gasteiger partial charge in [-0.2, -0.15) is 0 Å². The van der Waals surface area contributed by atoms with Crippen molar-refractivity contribution in [3.05, 3.63) is 35.9 Å². The Balaban J connectivity index is 2.07. The fourth-order valence-corrected chi connectivity index (χ4v) is 3.83. The third-order valence-corrected chi connectivity index (χ3v) is 5.25. The Morgan fingerprint density at radius 3 is 2.52 bits per heavy atom. The lowest BCUT2D eigenvalue weighted by Crippen LogP contribution is -2.49. The van der Waals surface area contributed by atoms with Crippen LogP contribution < -0.4 is 11.1 Å². The van der Waals surface area contributed by atoms with Crippen LogP contribution in [-0.4, -0.2) is 31.1 Å². The van der Waals surface area contributed by atoms with Crippen molar-refractivity contribution in [3.8, 4) is 0 Å². The minimum atomic E-state index is -0.672. The second kappa shape index (κ2) is 9.56. The first kappa shape index (κ1) is 19.4. The fourth-order valence-electron chi connectivity index (χ4n) is 3.83. The first-order valence-corrected chi connectivity index (χ1v) is 9.24. The number of nitrogens with two attached hydrogens (primary N) is 1. The highest BCUT2D eigenvalue weighted by atomic mass is 16.5. The van der Waals surface area contributed by atoms with Crippen LogP contribution in [-0.2, 0) is 20.7 Å². The van der Waals surface area contributed by atoms with Crippen LogP contribution in [0.5, 0.6) is 0 Å². The van der Waals surface area contributed by atoms with Gasteiger partial charge in [0, 0.05) is 18.4 Å². The summed E-state index contributed by atoms with van der Waals surface area (Å²) >= 11 is 0. The Morgan fingerprint density at radius 1 is 1.24 bits per heavy atom.